The van der Waals surface area contributed by atoms with E-state index in [4.69, 9.17) is 0 Å². The number of non-ortho nitro benzene ring substituents is 1. The molecular weight excluding hydrogens is 248 g/mol. The number of likely N-dealkylation sites (tertiary alicyclic amines) is 1. The van der Waals surface area contributed by atoms with Gasteiger partial charge in [0, 0.05) is 12.1 Å². The van der Waals surface area contributed by atoms with Crippen molar-refractivity contribution in [3.63, 3.8) is 0 Å². The summed E-state index contributed by atoms with van der Waals surface area (Å²) < 4.78 is 0. The minimum Gasteiger partial charge on any atom is -0.386 e. The van der Waals surface area contributed by atoms with Crippen molar-refractivity contribution in [1.29, 1.82) is 0 Å². The van der Waals surface area contributed by atoms with E-state index >= 15 is 0 Å². The molecule has 0 saturated carbocycles. The third kappa shape index (κ3) is 2.90. The lowest BCUT2D eigenvalue weighted by molar-refractivity contribution is -0.384. The first kappa shape index (κ1) is 13.5. The van der Waals surface area contributed by atoms with E-state index in [9.17, 15) is 20.0 Å². The van der Waals surface area contributed by atoms with Crippen LogP contribution in [0.5, 0.6) is 0 Å². The van der Waals surface area contributed by atoms with Crippen molar-refractivity contribution in [1.82, 2.24) is 4.90 Å². The molecule has 1 amide bonds. The van der Waals surface area contributed by atoms with Gasteiger partial charge in [0.2, 0.25) is 5.91 Å². The maximum Gasteiger partial charge on any atom is 0.269 e. The van der Waals surface area contributed by atoms with Gasteiger partial charge in [-0.25, -0.2) is 0 Å². The van der Waals surface area contributed by atoms with Gasteiger partial charge in [0.25, 0.3) is 5.69 Å². The van der Waals surface area contributed by atoms with Crippen LogP contribution in [0.3, 0.4) is 0 Å². The number of rotatable bonds is 4. The smallest absolute Gasteiger partial charge is 0.269 e. The van der Waals surface area contributed by atoms with E-state index in [0.29, 0.717) is 25.1 Å². The third-order valence-electron chi connectivity index (χ3n) is 3.46. The van der Waals surface area contributed by atoms with Gasteiger partial charge in [-0.05, 0) is 12.0 Å². The zero-order valence-electron chi connectivity index (χ0n) is 10.7. The van der Waals surface area contributed by atoms with Gasteiger partial charge in [-0.2, -0.15) is 0 Å². The molecular formula is C13H16N2O4. The minimum absolute atomic E-state index is 0.0148. The monoisotopic (exact) mass is 264 g/mol. The maximum absolute atomic E-state index is 11.9. The number of carbonyl (C=O) groups excluding carboxylic acids is 1. The van der Waals surface area contributed by atoms with Crippen molar-refractivity contribution >= 4 is 11.6 Å². The lowest BCUT2D eigenvalue weighted by Crippen LogP contribution is -2.63. The Kier molecular flexibility index (Phi) is 3.53. The number of amides is 1. The van der Waals surface area contributed by atoms with Gasteiger partial charge in [0.05, 0.1) is 30.0 Å². The van der Waals surface area contributed by atoms with Crippen LogP contribution in [-0.4, -0.2) is 39.5 Å². The van der Waals surface area contributed by atoms with Crippen molar-refractivity contribution in [3.05, 3.63) is 39.9 Å². The van der Waals surface area contributed by atoms with E-state index in [-0.39, 0.29) is 18.0 Å². The number of nitro groups is 1. The van der Waals surface area contributed by atoms with E-state index in [1.165, 1.54) is 12.1 Å². The van der Waals surface area contributed by atoms with Crippen molar-refractivity contribution in [2.75, 3.05) is 13.1 Å². The molecule has 0 aromatic heterocycles. The van der Waals surface area contributed by atoms with Gasteiger partial charge >= 0.3 is 0 Å². The van der Waals surface area contributed by atoms with E-state index in [2.05, 4.69) is 0 Å². The Balaban J connectivity index is 1.97. The van der Waals surface area contributed by atoms with E-state index in [1.807, 2.05) is 6.92 Å². The van der Waals surface area contributed by atoms with Crippen molar-refractivity contribution < 1.29 is 14.8 Å². The second kappa shape index (κ2) is 4.97. The van der Waals surface area contributed by atoms with Gasteiger partial charge in [0.15, 0.2) is 0 Å². The minimum atomic E-state index is -0.752. The van der Waals surface area contributed by atoms with E-state index < -0.39 is 10.5 Å². The Morgan fingerprint density at radius 3 is 2.79 bits per heavy atom. The second-order valence-electron chi connectivity index (χ2n) is 4.93. The van der Waals surface area contributed by atoms with E-state index in [0.717, 1.165) is 0 Å². The van der Waals surface area contributed by atoms with Gasteiger partial charge in [-0.3, -0.25) is 14.9 Å². The third-order valence-corrected chi connectivity index (χ3v) is 3.46. The first-order valence-corrected chi connectivity index (χ1v) is 6.17. The summed E-state index contributed by atoms with van der Waals surface area (Å²) in [6.07, 6.45) is 0.745. The van der Waals surface area contributed by atoms with Crippen LogP contribution >= 0.6 is 0 Å². The molecule has 6 heteroatoms. The molecule has 1 aromatic carbocycles. The second-order valence-corrected chi connectivity index (χ2v) is 4.93. The molecule has 0 unspecified atom stereocenters. The van der Waals surface area contributed by atoms with Crippen LogP contribution in [0.1, 0.15) is 18.9 Å². The SMILES string of the molecule is CCC1(O)CN(C(=O)Cc2cccc([N+](=O)[O-])c2)C1. The Hall–Kier alpha value is -1.95. The summed E-state index contributed by atoms with van der Waals surface area (Å²) in [5, 5.41) is 20.5. The van der Waals surface area contributed by atoms with Gasteiger partial charge < -0.3 is 10.0 Å². The predicted molar refractivity (Wildman–Crippen MR) is 68.6 cm³/mol. The van der Waals surface area contributed by atoms with Crippen molar-refractivity contribution in [3.8, 4) is 0 Å². The van der Waals surface area contributed by atoms with Crippen molar-refractivity contribution in [2.45, 2.75) is 25.4 Å². The highest BCUT2D eigenvalue weighted by atomic mass is 16.6. The molecule has 6 nitrogen and oxygen atoms in total. The maximum atomic E-state index is 11.9. The molecule has 0 radical (unpaired) electrons. The average Bonchev–Trinajstić information content (AvgIpc) is 2.35. The molecule has 0 spiro atoms. The van der Waals surface area contributed by atoms with Crippen LogP contribution in [0.25, 0.3) is 0 Å². The van der Waals surface area contributed by atoms with Crippen molar-refractivity contribution in [2.24, 2.45) is 0 Å². The van der Waals surface area contributed by atoms with Crippen LogP contribution < -0.4 is 0 Å². The standard InChI is InChI=1S/C13H16N2O4/c1-2-13(17)8-14(9-13)12(16)7-10-4-3-5-11(6-10)15(18)19/h3-6,17H,2,7-9H2,1H3. The highest BCUT2D eigenvalue weighted by molar-refractivity contribution is 5.80. The number of benzene rings is 1. The number of hydrogen-bond donors (Lipinski definition) is 1. The molecule has 1 aliphatic rings. The number of nitrogens with zero attached hydrogens (tertiary/aromatic N) is 2. The quantitative estimate of drug-likeness (QED) is 0.652. The largest absolute Gasteiger partial charge is 0.386 e. The number of hydrogen-bond acceptors (Lipinski definition) is 4. The first-order chi connectivity index (χ1) is 8.93. The molecule has 1 aromatic rings. The van der Waals surface area contributed by atoms with Gasteiger partial charge in [-0.1, -0.05) is 19.1 Å². The molecule has 2 rings (SSSR count). The number of carbonyl (C=O) groups is 1. The summed E-state index contributed by atoms with van der Waals surface area (Å²) in [5.41, 5.74) is -0.150. The Morgan fingerprint density at radius 1 is 1.53 bits per heavy atom. The lowest BCUT2D eigenvalue weighted by atomic mass is 9.91. The zero-order valence-corrected chi connectivity index (χ0v) is 10.7. The molecule has 0 bridgehead atoms. The summed E-state index contributed by atoms with van der Waals surface area (Å²) >= 11 is 0. The van der Waals surface area contributed by atoms with Gasteiger partial charge in [0.1, 0.15) is 0 Å². The molecule has 1 aliphatic heterocycles. The molecule has 0 atom stereocenters. The zero-order chi connectivity index (χ0) is 14.0. The average molecular weight is 264 g/mol. The fraction of sp³-hybridized carbons (Fsp3) is 0.462. The molecule has 19 heavy (non-hydrogen) atoms. The van der Waals surface area contributed by atoms with E-state index in [1.54, 1.807) is 17.0 Å². The van der Waals surface area contributed by atoms with Gasteiger partial charge in [-0.15, -0.1) is 0 Å². The normalized spacial score (nSPS) is 16.8. The Labute approximate surface area is 110 Å². The summed E-state index contributed by atoms with van der Waals surface area (Å²) in [6.45, 7) is 2.57. The summed E-state index contributed by atoms with van der Waals surface area (Å²) in [4.78, 5) is 23.7. The predicted octanol–water partition coefficient (Wildman–Crippen LogP) is 1.12. The molecule has 0 aliphatic carbocycles. The molecule has 1 heterocycles. The molecule has 1 N–H and O–H groups in total. The summed E-state index contributed by atoms with van der Waals surface area (Å²) in [5.74, 6) is -0.112. The lowest BCUT2D eigenvalue weighted by Gasteiger charge is -2.46. The van der Waals surface area contributed by atoms with Crippen LogP contribution in [-0.2, 0) is 11.2 Å². The molecule has 1 saturated heterocycles. The fourth-order valence-corrected chi connectivity index (χ4v) is 2.13. The van der Waals surface area contributed by atoms with Crippen LogP contribution in [0, 0.1) is 10.1 Å². The number of β-amino-alcohol motifs (C(OH)–C–C–N with tert-alkyl or cyclic N) is 1. The highest BCUT2D eigenvalue weighted by Gasteiger charge is 2.41. The summed E-state index contributed by atoms with van der Waals surface area (Å²) in [6, 6.07) is 6.06. The first-order valence-electron chi connectivity index (χ1n) is 6.17. The Morgan fingerprint density at radius 2 is 2.21 bits per heavy atom. The molecule has 102 valence electrons. The fourth-order valence-electron chi connectivity index (χ4n) is 2.13. The highest BCUT2D eigenvalue weighted by Crippen LogP contribution is 2.25. The number of nitro benzene ring substituents is 1. The topological polar surface area (TPSA) is 83.7 Å². The van der Waals surface area contributed by atoms with Crippen LogP contribution in [0.4, 0.5) is 5.69 Å². The molecule has 1 fully saturated rings. The summed E-state index contributed by atoms with van der Waals surface area (Å²) in [7, 11) is 0. The van der Waals surface area contributed by atoms with Crippen LogP contribution in [0.15, 0.2) is 24.3 Å². The Bertz CT molecular complexity index is 509. The van der Waals surface area contributed by atoms with Crippen LogP contribution in [0.2, 0.25) is 0 Å². The number of aliphatic hydroxyl groups is 1.